The predicted molar refractivity (Wildman–Crippen MR) is 102 cm³/mol. The van der Waals surface area contributed by atoms with Gasteiger partial charge in [0.05, 0.1) is 27.4 Å². The molecule has 0 spiro atoms. The fourth-order valence-electron chi connectivity index (χ4n) is 3.16. The number of morpholine rings is 1. The van der Waals surface area contributed by atoms with Gasteiger partial charge in [0.25, 0.3) is 5.91 Å². The summed E-state index contributed by atoms with van der Waals surface area (Å²) in [6, 6.07) is 13.0. The summed E-state index contributed by atoms with van der Waals surface area (Å²) < 4.78 is 22.3. The van der Waals surface area contributed by atoms with Gasteiger partial charge in [-0.3, -0.25) is 4.79 Å². The highest BCUT2D eigenvalue weighted by atomic mass is 16.5. The summed E-state index contributed by atoms with van der Waals surface area (Å²) in [5.74, 6) is 2.03. The van der Waals surface area contributed by atoms with Crippen molar-refractivity contribution < 1.29 is 23.7 Å². The Bertz CT molecular complexity index is 792. The van der Waals surface area contributed by atoms with Crippen molar-refractivity contribution in [2.75, 3.05) is 40.5 Å². The van der Waals surface area contributed by atoms with Crippen molar-refractivity contribution >= 4 is 5.91 Å². The highest BCUT2D eigenvalue weighted by Crippen LogP contribution is 2.26. The number of methoxy groups -OCH3 is 2. The second-order valence-electron chi connectivity index (χ2n) is 6.34. The van der Waals surface area contributed by atoms with E-state index < -0.39 is 0 Å². The first-order chi connectivity index (χ1) is 13.1. The number of hydrogen-bond acceptors (Lipinski definition) is 5. The van der Waals surface area contributed by atoms with Gasteiger partial charge >= 0.3 is 0 Å². The van der Waals surface area contributed by atoms with E-state index in [2.05, 4.69) is 0 Å². The molecule has 6 heteroatoms. The molecule has 1 amide bonds. The summed E-state index contributed by atoms with van der Waals surface area (Å²) in [4.78, 5) is 14.8. The highest BCUT2D eigenvalue weighted by Gasteiger charge is 2.27. The van der Waals surface area contributed by atoms with Gasteiger partial charge in [-0.2, -0.15) is 0 Å². The van der Waals surface area contributed by atoms with Crippen LogP contribution in [-0.4, -0.2) is 57.4 Å². The number of benzene rings is 2. The first kappa shape index (κ1) is 19.0. The third-order valence-corrected chi connectivity index (χ3v) is 4.65. The van der Waals surface area contributed by atoms with Crippen molar-refractivity contribution in [1.82, 2.24) is 4.90 Å². The van der Waals surface area contributed by atoms with E-state index in [1.54, 1.807) is 14.2 Å². The molecule has 0 N–H and O–H groups in total. The number of para-hydroxylation sites is 2. The third kappa shape index (κ3) is 4.34. The van der Waals surface area contributed by atoms with Crippen LogP contribution < -0.4 is 14.2 Å². The van der Waals surface area contributed by atoms with Gasteiger partial charge in [0.1, 0.15) is 18.5 Å². The molecule has 1 fully saturated rings. The summed E-state index contributed by atoms with van der Waals surface area (Å²) in [6.45, 7) is 3.76. The average Bonchev–Trinajstić information content (AvgIpc) is 2.72. The van der Waals surface area contributed by atoms with E-state index in [4.69, 9.17) is 18.9 Å². The van der Waals surface area contributed by atoms with Crippen LogP contribution in [0, 0.1) is 6.92 Å². The van der Waals surface area contributed by atoms with Crippen LogP contribution in [0.15, 0.2) is 42.5 Å². The molecule has 1 atom stereocenters. The summed E-state index contributed by atoms with van der Waals surface area (Å²) in [5, 5.41) is 0. The van der Waals surface area contributed by atoms with Crippen molar-refractivity contribution in [3.63, 3.8) is 0 Å². The summed E-state index contributed by atoms with van der Waals surface area (Å²) in [5.41, 5.74) is 1.50. The quantitative estimate of drug-likeness (QED) is 0.781. The second kappa shape index (κ2) is 8.77. The predicted octanol–water partition coefficient (Wildman–Crippen LogP) is 2.93. The second-order valence-corrected chi connectivity index (χ2v) is 6.34. The molecule has 1 heterocycles. The molecule has 2 aromatic carbocycles. The smallest absolute Gasteiger partial charge is 0.254 e. The van der Waals surface area contributed by atoms with Crippen molar-refractivity contribution in [3.05, 3.63) is 53.6 Å². The first-order valence-corrected chi connectivity index (χ1v) is 8.94. The van der Waals surface area contributed by atoms with Gasteiger partial charge in [0, 0.05) is 17.7 Å². The molecular weight excluding hydrogens is 346 g/mol. The molecule has 0 aliphatic carbocycles. The zero-order valence-electron chi connectivity index (χ0n) is 15.9. The molecule has 144 valence electrons. The Morgan fingerprint density at radius 1 is 1.07 bits per heavy atom. The highest BCUT2D eigenvalue weighted by molar-refractivity contribution is 5.96. The number of carbonyl (C=O) groups excluding carboxylic acids is 1. The zero-order valence-corrected chi connectivity index (χ0v) is 15.9. The molecule has 6 nitrogen and oxygen atoms in total. The maximum Gasteiger partial charge on any atom is 0.254 e. The van der Waals surface area contributed by atoms with Crippen LogP contribution in [0.1, 0.15) is 15.9 Å². The molecule has 0 aromatic heterocycles. The van der Waals surface area contributed by atoms with Gasteiger partial charge in [0.15, 0.2) is 11.5 Å². The molecule has 1 aliphatic heterocycles. The van der Waals surface area contributed by atoms with E-state index in [-0.39, 0.29) is 12.0 Å². The van der Waals surface area contributed by atoms with Crippen LogP contribution in [0.3, 0.4) is 0 Å². The lowest BCUT2D eigenvalue weighted by molar-refractivity contribution is -0.0404. The van der Waals surface area contributed by atoms with E-state index in [0.717, 1.165) is 5.56 Å². The Morgan fingerprint density at radius 3 is 2.52 bits per heavy atom. The van der Waals surface area contributed by atoms with Gasteiger partial charge in [-0.25, -0.2) is 0 Å². The zero-order chi connectivity index (χ0) is 19.2. The third-order valence-electron chi connectivity index (χ3n) is 4.65. The summed E-state index contributed by atoms with van der Waals surface area (Å²) in [7, 11) is 3.22. The maximum atomic E-state index is 13.0. The molecule has 0 saturated carbocycles. The van der Waals surface area contributed by atoms with Crippen LogP contribution >= 0.6 is 0 Å². The first-order valence-electron chi connectivity index (χ1n) is 8.94. The average molecular weight is 371 g/mol. The Morgan fingerprint density at radius 2 is 1.78 bits per heavy atom. The standard InChI is InChI=1S/C21H25NO5/c1-15-17(7-6-10-18(15)24-2)21(23)22-11-12-26-16(13-22)14-27-20-9-5-4-8-19(20)25-3/h4-10,16H,11-14H2,1-3H3. The number of ether oxygens (including phenoxy) is 4. The number of nitrogens with zero attached hydrogens (tertiary/aromatic N) is 1. The van der Waals surface area contributed by atoms with Crippen molar-refractivity contribution in [2.45, 2.75) is 13.0 Å². The lowest BCUT2D eigenvalue weighted by atomic mass is 10.1. The van der Waals surface area contributed by atoms with Gasteiger partial charge in [-0.15, -0.1) is 0 Å². The number of hydrogen-bond donors (Lipinski definition) is 0. The summed E-state index contributed by atoms with van der Waals surface area (Å²) in [6.07, 6.45) is -0.196. The van der Waals surface area contributed by atoms with E-state index in [1.807, 2.05) is 54.3 Å². The minimum atomic E-state index is -0.196. The van der Waals surface area contributed by atoms with E-state index in [0.29, 0.717) is 49.1 Å². The SMILES string of the molecule is COc1ccccc1OCC1CN(C(=O)c2cccc(OC)c2C)CCO1. The molecule has 1 unspecified atom stereocenters. The Hall–Kier alpha value is -2.73. The lowest BCUT2D eigenvalue weighted by Crippen LogP contribution is -2.47. The van der Waals surface area contributed by atoms with Crippen molar-refractivity contribution in [3.8, 4) is 17.2 Å². The van der Waals surface area contributed by atoms with E-state index in [9.17, 15) is 4.79 Å². The fourth-order valence-corrected chi connectivity index (χ4v) is 3.16. The number of rotatable bonds is 6. The molecule has 0 bridgehead atoms. The van der Waals surface area contributed by atoms with Crippen LogP contribution in [-0.2, 0) is 4.74 Å². The maximum absolute atomic E-state index is 13.0. The molecule has 27 heavy (non-hydrogen) atoms. The number of amides is 1. The lowest BCUT2D eigenvalue weighted by Gasteiger charge is -2.33. The fraction of sp³-hybridized carbons (Fsp3) is 0.381. The van der Waals surface area contributed by atoms with E-state index in [1.165, 1.54) is 0 Å². The minimum Gasteiger partial charge on any atom is -0.496 e. The number of carbonyl (C=O) groups is 1. The molecular formula is C21H25NO5. The Labute approximate surface area is 159 Å². The van der Waals surface area contributed by atoms with Gasteiger partial charge < -0.3 is 23.8 Å². The Balaban J connectivity index is 1.65. The van der Waals surface area contributed by atoms with Crippen LogP contribution in [0.2, 0.25) is 0 Å². The van der Waals surface area contributed by atoms with Gasteiger partial charge in [-0.05, 0) is 31.2 Å². The summed E-state index contributed by atoms with van der Waals surface area (Å²) >= 11 is 0. The largest absolute Gasteiger partial charge is 0.496 e. The minimum absolute atomic E-state index is 0.0167. The monoisotopic (exact) mass is 371 g/mol. The Kier molecular flexibility index (Phi) is 6.19. The molecule has 1 aliphatic rings. The molecule has 0 radical (unpaired) electrons. The van der Waals surface area contributed by atoms with Crippen LogP contribution in [0.25, 0.3) is 0 Å². The van der Waals surface area contributed by atoms with Crippen LogP contribution in [0.5, 0.6) is 17.2 Å². The molecule has 3 rings (SSSR count). The van der Waals surface area contributed by atoms with Crippen molar-refractivity contribution in [2.24, 2.45) is 0 Å². The topological polar surface area (TPSA) is 57.2 Å². The van der Waals surface area contributed by atoms with Gasteiger partial charge in [-0.1, -0.05) is 18.2 Å². The van der Waals surface area contributed by atoms with E-state index >= 15 is 0 Å². The molecule has 2 aromatic rings. The van der Waals surface area contributed by atoms with Crippen molar-refractivity contribution in [1.29, 1.82) is 0 Å². The van der Waals surface area contributed by atoms with Gasteiger partial charge in [0.2, 0.25) is 0 Å². The normalized spacial score (nSPS) is 16.7. The molecule has 1 saturated heterocycles. The van der Waals surface area contributed by atoms with Crippen LogP contribution in [0.4, 0.5) is 0 Å².